The fourth-order valence-electron chi connectivity index (χ4n) is 2.71. The van der Waals surface area contributed by atoms with Crippen molar-refractivity contribution in [1.82, 2.24) is 10.3 Å². The van der Waals surface area contributed by atoms with Crippen LogP contribution in [-0.2, 0) is 0 Å². The molecule has 0 amide bonds. The van der Waals surface area contributed by atoms with Gasteiger partial charge in [0.2, 0.25) is 0 Å². The highest BCUT2D eigenvalue weighted by molar-refractivity contribution is 7.99. The van der Waals surface area contributed by atoms with Gasteiger partial charge in [0.15, 0.2) is 0 Å². The van der Waals surface area contributed by atoms with Crippen molar-refractivity contribution in [3.8, 4) is 0 Å². The average molecular weight is 308 g/mol. The number of aliphatic hydroxyl groups is 1. The monoisotopic (exact) mass is 308 g/mol. The Morgan fingerprint density at radius 3 is 2.71 bits per heavy atom. The van der Waals surface area contributed by atoms with E-state index in [-0.39, 0.29) is 12.1 Å². The van der Waals surface area contributed by atoms with Crippen LogP contribution in [0.5, 0.6) is 0 Å². The molecular weight excluding hydrogens is 280 g/mol. The van der Waals surface area contributed by atoms with Crippen LogP contribution in [0, 0.1) is 13.8 Å². The summed E-state index contributed by atoms with van der Waals surface area (Å²) in [6, 6.07) is 4.90. The molecule has 0 aliphatic heterocycles. The lowest BCUT2D eigenvalue weighted by Crippen LogP contribution is -2.49. The molecule has 1 saturated carbocycles. The summed E-state index contributed by atoms with van der Waals surface area (Å²) in [4.78, 5) is 4.56. The lowest BCUT2D eigenvalue weighted by molar-refractivity contribution is 0.144. The molecule has 21 heavy (non-hydrogen) atoms. The molecule has 2 rings (SSSR count). The predicted molar refractivity (Wildman–Crippen MR) is 89.9 cm³/mol. The first-order valence-electron chi connectivity index (χ1n) is 8.03. The number of nitrogens with one attached hydrogen (secondary N) is 1. The van der Waals surface area contributed by atoms with Crippen LogP contribution in [0.3, 0.4) is 0 Å². The van der Waals surface area contributed by atoms with Gasteiger partial charge in [-0.3, -0.25) is 0 Å². The molecule has 0 aromatic carbocycles. The molecule has 1 heterocycles. The lowest BCUT2D eigenvalue weighted by Gasteiger charge is -2.32. The third kappa shape index (κ3) is 5.28. The van der Waals surface area contributed by atoms with Crippen LogP contribution in [0.2, 0.25) is 0 Å². The van der Waals surface area contributed by atoms with Gasteiger partial charge in [-0.15, -0.1) is 11.8 Å². The summed E-state index contributed by atoms with van der Waals surface area (Å²) >= 11 is 1.82. The van der Waals surface area contributed by atoms with Gasteiger partial charge < -0.3 is 10.4 Å². The minimum Gasteiger partial charge on any atom is -0.394 e. The Hall–Kier alpha value is -0.580. The maximum Gasteiger partial charge on any atom is 0.0965 e. The third-order valence-electron chi connectivity index (χ3n) is 4.19. The van der Waals surface area contributed by atoms with Crippen LogP contribution in [0.4, 0.5) is 0 Å². The first-order chi connectivity index (χ1) is 10.1. The van der Waals surface area contributed by atoms with E-state index >= 15 is 0 Å². The van der Waals surface area contributed by atoms with Gasteiger partial charge in [0, 0.05) is 17.3 Å². The highest BCUT2D eigenvalue weighted by Gasteiger charge is 2.33. The van der Waals surface area contributed by atoms with Crippen molar-refractivity contribution in [2.45, 2.75) is 69.5 Å². The van der Waals surface area contributed by atoms with Crippen molar-refractivity contribution < 1.29 is 5.11 Å². The average Bonchev–Trinajstić information content (AvgIpc) is 3.25. The van der Waals surface area contributed by atoms with Gasteiger partial charge in [0.25, 0.3) is 0 Å². The van der Waals surface area contributed by atoms with Crippen LogP contribution >= 0.6 is 11.8 Å². The Labute approximate surface area is 132 Å². The Morgan fingerprint density at radius 1 is 1.38 bits per heavy atom. The zero-order chi connectivity index (χ0) is 15.3. The molecule has 1 aliphatic carbocycles. The van der Waals surface area contributed by atoms with Crippen molar-refractivity contribution >= 4 is 11.8 Å². The predicted octanol–water partition coefficient (Wildman–Crippen LogP) is 3.46. The largest absolute Gasteiger partial charge is 0.394 e. The fourth-order valence-corrected chi connectivity index (χ4v) is 3.69. The summed E-state index contributed by atoms with van der Waals surface area (Å²) in [6.07, 6.45) is 5.67. The second-order valence-electron chi connectivity index (χ2n) is 6.29. The molecule has 1 aromatic heterocycles. The number of nitrogens with zero attached hydrogens (tertiary/aromatic N) is 1. The molecule has 1 aliphatic rings. The quantitative estimate of drug-likeness (QED) is 0.542. The van der Waals surface area contributed by atoms with Crippen molar-refractivity contribution in [3.05, 3.63) is 23.4 Å². The SMILES string of the molecule is CCC(CO)(CCCSc1cc(C)cc(C)n1)NC1CC1. The molecule has 4 heteroatoms. The van der Waals surface area contributed by atoms with Crippen LogP contribution in [0.1, 0.15) is 50.3 Å². The van der Waals surface area contributed by atoms with Gasteiger partial charge in [-0.2, -0.15) is 0 Å². The van der Waals surface area contributed by atoms with Gasteiger partial charge >= 0.3 is 0 Å². The van der Waals surface area contributed by atoms with Crippen LogP contribution in [-0.4, -0.2) is 34.0 Å². The topological polar surface area (TPSA) is 45.2 Å². The molecule has 0 spiro atoms. The minimum absolute atomic E-state index is 0.0717. The lowest BCUT2D eigenvalue weighted by atomic mass is 9.91. The second kappa shape index (κ2) is 7.61. The minimum atomic E-state index is -0.0717. The first kappa shape index (κ1) is 16.8. The Balaban J connectivity index is 1.79. The summed E-state index contributed by atoms with van der Waals surface area (Å²) < 4.78 is 0. The summed E-state index contributed by atoms with van der Waals surface area (Å²) in [5.41, 5.74) is 2.29. The maximum atomic E-state index is 9.76. The second-order valence-corrected chi connectivity index (χ2v) is 7.40. The van der Waals surface area contributed by atoms with Crippen LogP contribution in [0.15, 0.2) is 17.2 Å². The summed E-state index contributed by atoms with van der Waals surface area (Å²) in [7, 11) is 0. The summed E-state index contributed by atoms with van der Waals surface area (Å²) in [6.45, 7) is 6.58. The molecule has 0 bridgehead atoms. The van der Waals surface area contributed by atoms with E-state index in [2.05, 4.69) is 36.3 Å². The van der Waals surface area contributed by atoms with Crippen LogP contribution < -0.4 is 5.32 Å². The van der Waals surface area contributed by atoms with E-state index in [1.165, 1.54) is 18.4 Å². The van der Waals surface area contributed by atoms with Crippen molar-refractivity contribution in [2.24, 2.45) is 0 Å². The number of aryl methyl sites for hydroxylation is 2. The normalized spacial score (nSPS) is 17.7. The van der Waals surface area contributed by atoms with Crippen molar-refractivity contribution in [2.75, 3.05) is 12.4 Å². The van der Waals surface area contributed by atoms with Gasteiger partial charge in [-0.25, -0.2) is 4.98 Å². The smallest absolute Gasteiger partial charge is 0.0965 e. The van der Waals surface area contributed by atoms with Crippen molar-refractivity contribution in [1.29, 1.82) is 0 Å². The number of aromatic nitrogens is 1. The van der Waals surface area contributed by atoms with Crippen LogP contribution in [0.25, 0.3) is 0 Å². The number of thioether (sulfide) groups is 1. The molecule has 1 fully saturated rings. The van der Waals surface area contributed by atoms with Gasteiger partial charge in [-0.1, -0.05) is 6.92 Å². The van der Waals surface area contributed by atoms with E-state index in [1.807, 2.05) is 18.7 Å². The number of hydrogen-bond acceptors (Lipinski definition) is 4. The highest BCUT2D eigenvalue weighted by Crippen LogP contribution is 2.28. The molecule has 0 saturated heterocycles. The van der Waals surface area contributed by atoms with Gasteiger partial charge in [-0.05, 0) is 69.4 Å². The van der Waals surface area contributed by atoms with E-state index in [0.29, 0.717) is 6.04 Å². The van der Waals surface area contributed by atoms with Gasteiger partial charge in [0.1, 0.15) is 0 Å². The molecule has 3 nitrogen and oxygen atoms in total. The Morgan fingerprint density at radius 2 is 2.14 bits per heavy atom. The maximum absolute atomic E-state index is 9.76. The molecule has 1 atom stereocenters. The number of pyridine rings is 1. The summed E-state index contributed by atoms with van der Waals surface area (Å²) in [5, 5.41) is 14.5. The summed E-state index contributed by atoms with van der Waals surface area (Å²) in [5.74, 6) is 1.06. The first-order valence-corrected chi connectivity index (χ1v) is 9.02. The molecule has 1 unspecified atom stereocenters. The van der Waals surface area contributed by atoms with E-state index in [1.54, 1.807) is 0 Å². The van der Waals surface area contributed by atoms with E-state index in [0.717, 1.165) is 35.7 Å². The van der Waals surface area contributed by atoms with Gasteiger partial charge in [0.05, 0.1) is 11.6 Å². The third-order valence-corrected chi connectivity index (χ3v) is 5.19. The molecule has 1 aromatic rings. The zero-order valence-electron chi connectivity index (χ0n) is 13.5. The Bertz CT molecular complexity index is 436. The molecule has 118 valence electrons. The molecule has 0 radical (unpaired) electrons. The Kier molecular flexibility index (Phi) is 6.08. The number of hydrogen-bond donors (Lipinski definition) is 2. The molecular formula is C17H28N2OS. The zero-order valence-corrected chi connectivity index (χ0v) is 14.3. The van der Waals surface area contributed by atoms with Crippen molar-refractivity contribution in [3.63, 3.8) is 0 Å². The van der Waals surface area contributed by atoms with E-state index < -0.39 is 0 Å². The standard InChI is InChI=1S/C17H28N2OS/c1-4-17(12-20,19-15-6-7-15)8-5-9-21-16-11-13(2)10-14(3)18-16/h10-11,15,19-20H,4-9,12H2,1-3H3. The molecule has 2 N–H and O–H groups in total. The number of rotatable bonds is 9. The fraction of sp³-hybridized carbons (Fsp3) is 0.706. The van der Waals surface area contributed by atoms with E-state index in [4.69, 9.17) is 0 Å². The van der Waals surface area contributed by atoms with E-state index in [9.17, 15) is 5.11 Å². The number of aliphatic hydroxyl groups excluding tert-OH is 1. The highest BCUT2D eigenvalue weighted by atomic mass is 32.2.